The summed E-state index contributed by atoms with van der Waals surface area (Å²) in [5.74, 6) is -0.225. The van der Waals surface area contributed by atoms with Crippen LogP contribution >= 0.6 is 0 Å². The van der Waals surface area contributed by atoms with Crippen molar-refractivity contribution in [3.63, 3.8) is 0 Å². The van der Waals surface area contributed by atoms with Crippen LogP contribution in [0.3, 0.4) is 0 Å². The highest BCUT2D eigenvalue weighted by Gasteiger charge is 2.13. The molecular weight excluding hydrogens is 406 g/mol. The van der Waals surface area contributed by atoms with Crippen LogP contribution in [0.2, 0.25) is 0 Å². The Hall–Kier alpha value is -4.59. The highest BCUT2D eigenvalue weighted by atomic mass is 16.5. The molecule has 0 unspecified atom stereocenters. The Kier molecular flexibility index (Phi) is 6.12. The van der Waals surface area contributed by atoms with Crippen LogP contribution < -0.4 is 11.1 Å². The fourth-order valence-electron chi connectivity index (χ4n) is 2.94. The number of nitrogens with one attached hydrogen (secondary N) is 1. The predicted octanol–water partition coefficient (Wildman–Crippen LogP) is 3.79. The fourth-order valence-corrected chi connectivity index (χ4v) is 2.94. The van der Waals surface area contributed by atoms with E-state index in [1.54, 1.807) is 48.5 Å². The summed E-state index contributed by atoms with van der Waals surface area (Å²) in [4.78, 5) is 37.2. The molecule has 0 amide bonds. The molecule has 158 valence electrons. The standard InChI is InChI=1S/C24H19N5O3/c25-23-27-20(28-24(29-23)26-19-9-5-2-6-10-19)15-32-22(31)18-13-11-17(12-14-18)21(30)16-7-3-1-4-8-16/h1-14H,15H2,(H3,25,26,27,28,29). The van der Waals surface area contributed by atoms with E-state index >= 15 is 0 Å². The average molecular weight is 425 g/mol. The summed E-state index contributed by atoms with van der Waals surface area (Å²) in [7, 11) is 0. The second-order valence-electron chi connectivity index (χ2n) is 6.77. The van der Waals surface area contributed by atoms with Crippen LogP contribution in [0.1, 0.15) is 32.1 Å². The first kappa shape index (κ1) is 20.7. The molecular formula is C24H19N5O3. The number of ether oxygens (including phenoxy) is 1. The van der Waals surface area contributed by atoms with Gasteiger partial charge in [0.2, 0.25) is 11.9 Å². The number of carbonyl (C=O) groups is 2. The smallest absolute Gasteiger partial charge is 0.338 e. The molecule has 8 nitrogen and oxygen atoms in total. The molecule has 0 bridgehead atoms. The molecule has 1 heterocycles. The molecule has 32 heavy (non-hydrogen) atoms. The molecule has 0 saturated heterocycles. The van der Waals surface area contributed by atoms with Gasteiger partial charge < -0.3 is 15.8 Å². The van der Waals surface area contributed by atoms with Gasteiger partial charge in [0.15, 0.2) is 18.2 Å². The summed E-state index contributed by atoms with van der Waals surface area (Å²) in [6, 6.07) is 24.5. The summed E-state index contributed by atoms with van der Waals surface area (Å²) >= 11 is 0. The largest absolute Gasteiger partial charge is 0.454 e. The van der Waals surface area contributed by atoms with E-state index in [9.17, 15) is 9.59 Å². The zero-order valence-corrected chi connectivity index (χ0v) is 16.9. The number of aromatic nitrogens is 3. The first-order chi connectivity index (χ1) is 15.6. The van der Waals surface area contributed by atoms with Gasteiger partial charge in [-0.05, 0) is 24.3 Å². The van der Waals surface area contributed by atoms with Gasteiger partial charge in [-0.3, -0.25) is 4.79 Å². The Bertz CT molecular complexity index is 1230. The zero-order chi connectivity index (χ0) is 22.3. The number of carbonyl (C=O) groups excluding carboxylic acids is 2. The highest BCUT2D eigenvalue weighted by molar-refractivity contribution is 6.09. The third kappa shape index (κ3) is 5.11. The first-order valence-electron chi connectivity index (χ1n) is 9.78. The molecule has 0 aliphatic rings. The van der Waals surface area contributed by atoms with Gasteiger partial charge in [0, 0.05) is 16.8 Å². The predicted molar refractivity (Wildman–Crippen MR) is 119 cm³/mol. The second kappa shape index (κ2) is 9.48. The zero-order valence-electron chi connectivity index (χ0n) is 16.9. The van der Waals surface area contributed by atoms with E-state index in [-0.39, 0.29) is 30.1 Å². The molecule has 0 radical (unpaired) electrons. The molecule has 0 fully saturated rings. The second-order valence-corrected chi connectivity index (χ2v) is 6.77. The van der Waals surface area contributed by atoms with Crippen molar-refractivity contribution < 1.29 is 14.3 Å². The number of anilines is 3. The van der Waals surface area contributed by atoms with E-state index in [0.29, 0.717) is 16.7 Å². The summed E-state index contributed by atoms with van der Waals surface area (Å²) in [5, 5.41) is 3.02. The topological polar surface area (TPSA) is 120 Å². The minimum Gasteiger partial charge on any atom is -0.454 e. The SMILES string of the molecule is Nc1nc(COC(=O)c2ccc(C(=O)c3ccccc3)cc2)nc(Nc2ccccc2)n1. The normalized spacial score (nSPS) is 10.4. The van der Waals surface area contributed by atoms with Crippen LogP contribution in [0.5, 0.6) is 0 Å². The van der Waals surface area contributed by atoms with Crippen molar-refractivity contribution in [3.05, 3.63) is 107 Å². The van der Waals surface area contributed by atoms with E-state index in [4.69, 9.17) is 10.5 Å². The van der Waals surface area contributed by atoms with E-state index in [1.165, 1.54) is 0 Å². The Labute approximate surface area is 184 Å². The lowest BCUT2D eigenvalue weighted by molar-refractivity contribution is 0.0462. The molecule has 4 aromatic rings. The van der Waals surface area contributed by atoms with Crippen LogP contribution in [0.15, 0.2) is 84.9 Å². The minimum atomic E-state index is -0.569. The molecule has 0 atom stereocenters. The van der Waals surface area contributed by atoms with Crippen molar-refractivity contribution in [2.75, 3.05) is 11.1 Å². The van der Waals surface area contributed by atoms with Crippen LogP contribution in [0.4, 0.5) is 17.6 Å². The van der Waals surface area contributed by atoms with Crippen molar-refractivity contribution in [2.45, 2.75) is 6.61 Å². The number of para-hydroxylation sites is 1. The minimum absolute atomic E-state index is 0.00765. The van der Waals surface area contributed by atoms with E-state index < -0.39 is 5.97 Å². The van der Waals surface area contributed by atoms with Crippen LogP contribution in [-0.2, 0) is 11.3 Å². The van der Waals surface area contributed by atoms with Gasteiger partial charge >= 0.3 is 5.97 Å². The summed E-state index contributed by atoms with van der Waals surface area (Å²) in [5.41, 5.74) is 7.90. The molecule has 0 saturated carbocycles. The Morgan fingerprint density at radius 1 is 0.750 bits per heavy atom. The maximum absolute atomic E-state index is 12.5. The fraction of sp³-hybridized carbons (Fsp3) is 0.0417. The lowest BCUT2D eigenvalue weighted by atomic mass is 10.0. The van der Waals surface area contributed by atoms with Crippen molar-refractivity contribution in [1.29, 1.82) is 0 Å². The van der Waals surface area contributed by atoms with E-state index in [2.05, 4.69) is 20.3 Å². The van der Waals surface area contributed by atoms with Gasteiger partial charge in [-0.25, -0.2) is 4.79 Å². The number of hydrogen-bond acceptors (Lipinski definition) is 8. The Balaban J connectivity index is 1.40. The van der Waals surface area contributed by atoms with E-state index in [0.717, 1.165) is 5.69 Å². The third-order valence-electron chi connectivity index (χ3n) is 4.48. The maximum atomic E-state index is 12.5. The number of nitrogen functional groups attached to an aromatic ring is 1. The van der Waals surface area contributed by atoms with Gasteiger partial charge in [-0.15, -0.1) is 0 Å². The van der Waals surface area contributed by atoms with Crippen LogP contribution in [-0.4, -0.2) is 26.7 Å². The first-order valence-corrected chi connectivity index (χ1v) is 9.78. The number of esters is 1. The number of nitrogens with zero attached hydrogens (tertiary/aromatic N) is 3. The number of benzene rings is 3. The molecule has 8 heteroatoms. The Morgan fingerprint density at radius 3 is 2.03 bits per heavy atom. The lowest BCUT2D eigenvalue weighted by Gasteiger charge is -2.08. The number of hydrogen-bond donors (Lipinski definition) is 2. The van der Waals surface area contributed by atoms with Crippen molar-refractivity contribution in [1.82, 2.24) is 15.0 Å². The summed E-state index contributed by atoms with van der Waals surface area (Å²) < 4.78 is 5.30. The third-order valence-corrected chi connectivity index (χ3v) is 4.48. The maximum Gasteiger partial charge on any atom is 0.338 e. The number of ketones is 1. The average Bonchev–Trinajstić information content (AvgIpc) is 2.83. The molecule has 4 rings (SSSR count). The van der Waals surface area contributed by atoms with Gasteiger partial charge in [0.25, 0.3) is 0 Å². The summed E-state index contributed by atoms with van der Waals surface area (Å²) in [6.07, 6.45) is 0. The number of nitrogens with two attached hydrogens (primary N) is 1. The monoisotopic (exact) mass is 425 g/mol. The molecule has 3 aromatic carbocycles. The summed E-state index contributed by atoms with van der Waals surface area (Å²) in [6.45, 7) is -0.181. The van der Waals surface area contributed by atoms with Crippen LogP contribution in [0, 0.1) is 0 Å². The molecule has 3 N–H and O–H groups in total. The van der Waals surface area contributed by atoms with Gasteiger partial charge in [-0.2, -0.15) is 15.0 Å². The Morgan fingerprint density at radius 2 is 1.34 bits per heavy atom. The van der Waals surface area contributed by atoms with Gasteiger partial charge in [-0.1, -0.05) is 60.7 Å². The van der Waals surface area contributed by atoms with Gasteiger partial charge in [0.05, 0.1) is 5.56 Å². The van der Waals surface area contributed by atoms with E-state index in [1.807, 2.05) is 36.4 Å². The van der Waals surface area contributed by atoms with Crippen molar-refractivity contribution >= 4 is 29.3 Å². The molecule has 1 aromatic heterocycles. The van der Waals surface area contributed by atoms with Crippen LogP contribution in [0.25, 0.3) is 0 Å². The highest BCUT2D eigenvalue weighted by Crippen LogP contribution is 2.14. The lowest BCUT2D eigenvalue weighted by Crippen LogP contribution is -2.11. The quantitative estimate of drug-likeness (QED) is 0.339. The molecule has 0 aliphatic carbocycles. The number of rotatable bonds is 7. The molecule has 0 aliphatic heterocycles. The van der Waals surface area contributed by atoms with Crippen molar-refractivity contribution in [2.24, 2.45) is 0 Å². The van der Waals surface area contributed by atoms with Gasteiger partial charge in [0.1, 0.15) is 0 Å². The van der Waals surface area contributed by atoms with Crippen molar-refractivity contribution in [3.8, 4) is 0 Å². The molecule has 0 spiro atoms.